The van der Waals surface area contributed by atoms with E-state index in [0.717, 1.165) is 22.8 Å². The largest absolute Gasteiger partial charge is 0.341 e. The Bertz CT molecular complexity index is 589. The number of carbonyl (C=O) groups excluding carboxylic acids is 1. The predicted octanol–water partition coefficient (Wildman–Crippen LogP) is 4.27. The molecule has 0 aliphatic rings. The van der Waals surface area contributed by atoms with Gasteiger partial charge in [0.15, 0.2) is 0 Å². The van der Waals surface area contributed by atoms with Crippen LogP contribution in [0.3, 0.4) is 0 Å². The van der Waals surface area contributed by atoms with Crippen molar-refractivity contribution in [2.45, 2.75) is 24.3 Å². The van der Waals surface area contributed by atoms with Crippen LogP contribution in [0.5, 0.6) is 0 Å². The molecule has 0 spiro atoms. The van der Waals surface area contributed by atoms with Gasteiger partial charge in [-0.05, 0) is 48.1 Å². The molecule has 0 saturated carbocycles. The van der Waals surface area contributed by atoms with E-state index in [-0.39, 0.29) is 5.91 Å². The zero-order valence-electron chi connectivity index (χ0n) is 12.5. The highest BCUT2D eigenvalue weighted by Gasteiger charge is 2.09. The molecule has 1 aromatic heterocycles. The summed E-state index contributed by atoms with van der Waals surface area (Å²) in [5, 5.41) is 0.747. The number of halogens is 1. The Morgan fingerprint density at radius 1 is 1.27 bits per heavy atom. The summed E-state index contributed by atoms with van der Waals surface area (Å²) in [6, 6.07) is 11.6. The van der Waals surface area contributed by atoms with Crippen LogP contribution in [-0.4, -0.2) is 28.6 Å². The first kappa shape index (κ1) is 16.8. The standard InChI is InChI=1S/C17H19ClN2OS/c1-20(13-14-4-2-10-19-12-14)17(21)5-3-11-22-16-8-6-15(18)7-9-16/h2,4,6-10,12H,3,5,11,13H2,1H3. The molecule has 0 fully saturated rings. The lowest BCUT2D eigenvalue weighted by molar-refractivity contribution is -0.130. The van der Waals surface area contributed by atoms with Gasteiger partial charge in [0.05, 0.1) is 0 Å². The molecule has 0 bridgehead atoms. The molecule has 1 aromatic carbocycles. The normalized spacial score (nSPS) is 10.5. The maximum Gasteiger partial charge on any atom is 0.222 e. The van der Waals surface area contributed by atoms with E-state index in [1.54, 1.807) is 29.1 Å². The maximum atomic E-state index is 12.1. The van der Waals surface area contributed by atoms with E-state index < -0.39 is 0 Å². The Hall–Kier alpha value is -1.52. The molecule has 5 heteroatoms. The van der Waals surface area contributed by atoms with E-state index in [1.165, 1.54) is 4.90 Å². The summed E-state index contributed by atoms with van der Waals surface area (Å²) in [5.74, 6) is 1.09. The summed E-state index contributed by atoms with van der Waals surface area (Å²) >= 11 is 7.60. The van der Waals surface area contributed by atoms with Crippen LogP contribution < -0.4 is 0 Å². The monoisotopic (exact) mass is 334 g/mol. The Morgan fingerprint density at radius 3 is 2.73 bits per heavy atom. The molecule has 0 atom stereocenters. The Balaban J connectivity index is 1.67. The number of benzene rings is 1. The van der Waals surface area contributed by atoms with Gasteiger partial charge in [0.2, 0.25) is 5.91 Å². The summed E-state index contributed by atoms with van der Waals surface area (Å²) in [6.45, 7) is 0.608. The molecular weight excluding hydrogens is 316 g/mol. The van der Waals surface area contributed by atoms with Crippen molar-refractivity contribution < 1.29 is 4.79 Å². The molecule has 0 N–H and O–H groups in total. The first-order valence-corrected chi connectivity index (χ1v) is 8.53. The summed E-state index contributed by atoms with van der Waals surface area (Å²) in [6.07, 6.45) is 4.96. The van der Waals surface area contributed by atoms with Gasteiger partial charge in [-0.15, -0.1) is 11.8 Å². The second kappa shape index (κ2) is 8.81. The van der Waals surface area contributed by atoms with Crippen molar-refractivity contribution >= 4 is 29.3 Å². The third kappa shape index (κ3) is 5.70. The maximum absolute atomic E-state index is 12.1. The number of thioether (sulfide) groups is 1. The van der Waals surface area contributed by atoms with E-state index in [1.807, 2.05) is 43.4 Å². The topological polar surface area (TPSA) is 33.2 Å². The van der Waals surface area contributed by atoms with E-state index in [9.17, 15) is 4.79 Å². The van der Waals surface area contributed by atoms with Crippen molar-refractivity contribution in [3.05, 3.63) is 59.4 Å². The van der Waals surface area contributed by atoms with Crippen molar-refractivity contribution in [3.8, 4) is 0 Å². The fourth-order valence-electron chi connectivity index (χ4n) is 1.99. The van der Waals surface area contributed by atoms with Gasteiger partial charge in [-0.3, -0.25) is 9.78 Å². The number of aromatic nitrogens is 1. The SMILES string of the molecule is CN(Cc1cccnc1)C(=O)CCCSc1ccc(Cl)cc1. The van der Waals surface area contributed by atoms with E-state index in [2.05, 4.69) is 4.98 Å². The van der Waals surface area contributed by atoms with Gasteiger partial charge in [0.25, 0.3) is 0 Å². The highest BCUT2D eigenvalue weighted by molar-refractivity contribution is 7.99. The molecule has 0 saturated heterocycles. The second-order valence-corrected chi connectivity index (χ2v) is 6.62. The van der Waals surface area contributed by atoms with Crippen LogP contribution in [0, 0.1) is 0 Å². The zero-order valence-corrected chi connectivity index (χ0v) is 14.1. The fourth-order valence-corrected chi connectivity index (χ4v) is 2.97. The van der Waals surface area contributed by atoms with E-state index >= 15 is 0 Å². The quantitative estimate of drug-likeness (QED) is 0.560. The summed E-state index contributed by atoms with van der Waals surface area (Å²) < 4.78 is 0. The third-order valence-corrected chi connectivity index (χ3v) is 4.54. The lowest BCUT2D eigenvalue weighted by atomic mass is 10.2. The minimum atomic E-state index is 0.167. The van der Waals surface area contributed by atoms with Gasteiger partial charge in [0.1, 0.15) is 0 Å². The lowest BCUT2D eigenvalue weighted by Gasteiger charge is -2.17. The molecule has 0 aliphatic heterocycles. The van der Waals surface area contributed by atoms with Crippen molar-refractivity contribution in [2.24, 2.45) is 0 Å². The second-order valence-electron chi connectivity index (χ2n) is 5.02. The van der Waals surface area contributed by atoms with Gasteiger partial charge in [-0.1, -0.05) is 17.7 Å². The van der Waals surface area contributed by atoms with Crippen LogP contribution >= 0.6 is 23.4 Å². The van der Waals surface area contributed by atoms with Crippen LogP contribution in [0.15, 0.2) is 53.7 Å². The molecule has 2 aromatic rings. The number of hydrogen-bond acceptors (Lipinski definition) is 3. The molecule has 1 amide bonds. The molecule has 0 aliphatic carbocycles. The van der Waals surface area contributed by atoms with Crippen LogP contribution in [0.4, 0.5) is 0 Å². The number of carbonyl (C=O) groups is 1. The van der Waals surface area contributed by atoms with E-state index in [4.69, 9.17) is 11.6 Å². The summed E-state index contributed by atoms with van der Waals surface area (Å²) in [7, 11) is 1.83. The molecule has 3 nitrogen and oxygen atoms in total. The fraction of sp³-hybridized carbons (Fsp3) is 0.294. The highest BCUT2D eigenvalue weighted by atomic mass is 35.5. The zero-order chi connectivity index (χ0) is 15.8. The van der Waals surface area contributed by atoms with Crippen molar-refractivity contribution in [1.29, 1.82) is 0 Å². The Morgan fingerprint density at radius 2 is 2.05 bits per heavy atom. The van der Waals surface area contributed by atoms with Crippen LogP contribution in [0.25, 0.3) is 0 Å². The molecule has 22 heavy (non-hydrogen) atoms. The van der Waals surface area contributed by atoms with Crippen LogP contribution in [0.1, 0.15) is 18.4 Å². The third-order valence-electron chi connectivity index (χ3n) is 3.19. The number of hydrogen-bond donors (Lipinski definition) is 0. The van der Waals surface area contributed by atoms with Crippen LogP contribution in [-0.2, 0) is 11.3 Å². The molecule has 2 rings (SSSR count). The van der Waals surface area contributed by atoms with Gasteiger partial charge in [-0.2, -0.15) is 0 Å². The number of nitrogens with zero attached hydrogens (tertiary/aromatic N) is 2. The molecular formula is C17H19ClN2OS. The molecule has 1 heterocycles. The van der Waals surface area contributed by atoms with Crippen molar-refractivity contribution in [3.63, 3.8) is 0 Å². The highest BCUT2D eigenvalue weighted by Crippen LogP contribution is 2.21. The Labute approximate surface area is 140 Å². The minimum absolute atomic E-state index is 0.167. The lowest BCUT2D eigenvalue weighted by Crippen LogP contribution is -2.26. The minimum Gasteiger partial charge on any atom is -0.341 e. The van der Waals surface area contributed by atoms with Crippen molar-refractivity contribution in [1.82, 2.24) is 9.88 Å². The molecule has 0 radical (unpaired) electrons. The average Bonchev–Trinajstić information content (AvgIpc) is 2.54. The molecule has 116 valence electrons. The summed E-state index contributed by atoms with van der Waals surface area (Å²) in [5.41, 5.74) is 1.05. The smallest absolute Gasteiger partial charge is 0.222 e. The molecule has 0 unspecified atom stereocenters. The van der Waals surface area contributed by atoms with Gasteiger partial charge >= 0.3 is 0 Å². The Kier molecular flexibility index (Phi) is 6.74. The number of pyridine rings is 1. The average molecular weight is 335 g/mol. The first-order chi connectivity index (χ1) is 10.6. The van der Waals surface area contributed by atoms with Gasteiger partial charge in [-0.25, -0.2) is 0 Å². The van der Waals surface area contributed by atoms with Crippen molar-refractivity contribution in [2.75, 3.05) is 12.8 Å². The first-order valence-electron chi connectivity index (χ1n) is 7.16. The predicted molar refractivity (Wildman–Crippen MR) is 92.1 cm³/mol. The number of rotatable bonds is 7. The van der Waals surface area contributed by atoms with Crippen LogP contribution in [0.2, 0.25) is 5.02 Å². The number of amides is 1. The van der Waals surface area contributed by atoms with Gasteiger partial charge in [0, 0.05) is 42.3 Å². The van der Waals surface area contributed by atoms with E-state index in [0.29, 0.717) is 13.0 Å². The summed E-state index contributed by atoms with van der Waals surface area (Å²) in [4.78, 5) is 19.1. The van der Waals surface area contributed by atoms with Gasteiger partial charge < -0.3 is 4.90 Å².